The molecule has 138 valence electrons. The standard InChI is InChI=1S/C20H23FN2O3/c1-4-26-17-11-6-5-10-16(17)19(24)23-18(13(2)3)20(25)22-15-9-7-8-14(21)12-15/h5-13,18H,4H2,1-3H3,(H,22,25)(H,23,24)/t18-/m1/s1. The van der Waals surface area contributed by atoms with Crippen LogP contribution in [0.2, 0.25) is 0 Å². The third kappa shape index (κ3) is 5.05. The summed E-state index contributed by atoms with van der Waals surface area (Å²) in [5, 5.41) is 5.38. The number of carbonyl (C=O) groups excluding carboxylic acids is 2. The highest BCUT2D eigenvalue weighted by molar-refractivity contribution is 6.02. The van der Waals surface area contributed by atoms with E-state index in [-0.39, 0.29) is 5.92 Å². The predicted octanol–water partition coefficient (Wildman–Crippen LogP) is 3.62. The molecule has 2 aromatic rings. The van der Waals surface area contributed by atoms with Crippen molar-refractivity contribution in [2.75, 3.05) is 11.9 Å². The molecule has 2 aromatic carbocycles. The maximum Gasteiger partial charge on any atom is 0.255 e. The Kier molecular flexibility index (Phi) is 6.72. The second-order valence-corrected chi connectivity index (χ2v) is 6.12. The van der Waals surface area contributed by atoms with Gasteiger partial charge >= 0.3 is 0 Å². The van der Waals surface area contributed by atoms with E-state index in [0.717, 1.165) is 0 Å². The summed E-state index contributed by atoms with van der Waals surface area (Å²) in [6, 6.07) is 11.7. The molecule has 6 heteroatoms. The first-order valence-corrected chi connectivity index (χ1v) is 8.51. The van der Waals surface area contributed by atoms with E-state index in [1.54, 1.807) is 30.3 Å². The molecule has 0 saturated carbocycles. The van der Waals surface area contributed by atoms with Crippen LogP contribution in [0.4, 0.5) is 10.1 Å². The number of rotatable bonds is 7. The third-order valence-electron chi connectivity index (χ3n) is 3.76. The van der Waals surface area contributed by atoms with Gasteiger partial charge < -0.3 is 15.4 Å². The zero-order valence-electron chi connectivity index (χ0n) is 15.1. The molecule has 0 radical (unpaired) electrons. The van der Waals surface area contributed by atoms with Crippen molar-refractivity contribution < 1.29 is 18.7 Å². The molecule has 0 saturated heterocycles. The molecule has 0 aliphatic carbocycles. The maximum absolute atomic E-state index is 13.3. The molecule has 26 heavy (non-hydrogen) atoms. The lowest BCUT2D eigenvalue weighted by Crippen LogP contribution is -2.47. The van der Waals surface area contributed by atoms with Crippen molar-refractivity contribution in [3.63, 3.8) is 0 Å². The van der Waals surface area contributed by atoms with Crippen molar-refractivity contribution in [3.8, 4) is 5.75 Å². The second kappa shape index (κ2) is 8.99. The maximum atomic E-state index is 13.3. The first kappa shape index (κ1) is 19.4. The van der Waals surface area contributed by atoms with Crippen LogP contribution < -0.4 is 15.4 Å². The van der Waals surface area contributed by atoms with E-state index in [1.807, 2.05) is 20.8 Å². The molecule has 0 fully saturated rings. The number of hydrogen-bond donors (Lipinski definition) is 2. The Bertz CT molecular complexity index is 777. The Balaban J connectivity index is 2.15. The number of para-hydroxylation sites is 1. The minimum atomic E-state index is -0.777. The number of amides is 2. The minimum absolute atomic E-state index is 0.160. The van der Waals surface area contributed by atoms with E-state index < -0.39 is 23.7 Å². The Labute approximate surface area is 152 Å². The van der Waals surface area contributed by atoms with Gasteiger partial charge in [0.1, 0.15) is 17.6 Å². The van der Waals surface area contributed by atoms with Crippen LogP contribution >= 0.6 is 0 Å². The smallest absolute Gasteiger partial charge is 0.255 e. The molecular formula is C20H23FN2O3. The molecule has 2 rings (SSSR count). The van der Waals surface area contributed by atoms with Crippen LogP contribution in [0.3, 0.4) is 0 Å². The zero-order chi connectivity index (χ0) is 19.1. The van der Waals surface area contributed by atoms with Gasteiger partial charge in [-0.05, 0) is 43.2 Å². The van der Waals surface area contributed by atoms with Crippen LogP contribution in [0, 0.1) is 11.7 Å². The molecule has 2 amide bonds. The molecule has 0 aromatic heterocycles. The molecule has 0 aliphatic heterocycles. The Hall–Kier alpha value is -2.89. The quantitative estimate of drug-likeness (QED) is 0.794. The van der Waals surface area contributed by atoms with Crippen LogP contribution in [-0.2, 0) is 4.79 Å². The molecule has 0 bridgehead atoms. The van der Waals surface area contributed by atoms with E-state index in [4.69, 9.17) is 4.74 Å². The summed E-state index contributed by atoms with van der Waals surface area (Å²) in [5.41, 5.74) is 0.697. The summed E-state index contributed by atoms with van der Waals surface area (Å²) in [6.45, 7) is 5.91. The summed E-state index contributed by atoms with van der Waals surface area (Å²) in [6.07, 6.45) is 0. The molecule has 1 atom stereocenters. The van der Waals surface area contributed by atoms with Crippen LogP contribution in [-0.4, -0.2) is 24.5 Å². The number of ether oxygens (including phenoxy) is 1. The minimum Gasteiger partial charge on any atom is -0.493 e. The Morgan fingerprint density at radius 3 is 2.50 bits per heavy atom. The van der Waals surface area contributed by atoms with Gasteiger partial charge in [-0.2, -0.15) is 0 Å². The van der Waals surface area contributed by atoms with Crippen molar-refractivity contribution in [2.45, 2.75) is 26.8 Å². The number of halogens is 1. The number of carbonyl (C=O) groups is 2. The first-order valence-electron chi connectivity index (χ1n) is 8.51. The number of hydrogen-bond acceptors (Lipinski definition) is 3. The van der Waals surface area contributed by atoms with Gasteiger partial charge in [0.15, 0.2) is 0 Å². The van der Waals surface area contributed by atoms with E-state index >= 15 is 0 Å². The van der Waals surface area contributed by atoms with Crippen LogP contribution in [0.15, 0.2) is 48.5 Å². The molecule has 0 spiro atoms. The van der Waals surface area contributed by atoms with Gasteiger partial charge in [-0.3, -0.25) is 9.59 Å². The van der Waals surface area contributed by atoms with E-state index in [0.29, 0.717) is 23.6 Å². The van der Waals surface area contributed by atoms with Crippen LogP contribution in [0.1, 0.15) is 31.1 Å². The fourth-order valence-corrected chi connectivity index (χ4v) is 2.48. The highest BCUT2D eigenvalue weighted by Crippen LogP contribution is 2.19. The van der Waals surface area contributed by atoms with Crippen molar-refractivity contribution in [1.29, 1.82) is 0 Å². The second-order valence-electron chi connectivity index (χ2n) is 6.12. The van der Waals surface area contributed by atoms with Gasteiger partial charge in [0.25, 0.3) is 5.91 Å². The average molecular weight is 358 g/mol. The monoisotopic (exact) mass is 358 g/mol. The summed E-state index contributed by atoms with van der Waals surface area (Å²) in [7, 11) is 0. The zero-order valence-corrected chi connectivity index (χ0v) is 15.1. The topological polar surface area (TPSA) is 67.4 Å². The lowest BCUT2D eigenvalue weighted by atomic mass is 10.0. The van der Waals surface area contributed by atoms with Gasteiger partial charge in [0.05, 0.1) is 12.2 Å². The lowest BCUT2D eigenvalue weighted by Gasteiger charge is -2.22. The van der Waals surface area contributed by atoms with E-state index in [2.05, 4.69) is 10.6 Å². The number of benzene rings is 2. The summed E-state index contributed by atoms with van der Waals surface area (Å²) in [5.74, 6) is -0.958. The highest BCUT2D eigenvalue weighted by atomic mass is 19.1. The van der Waals surface area contributed by atoms with Gasteiger partial charge in [-0.1, -0.05) is 32.0 Å². The third-order valence-corrected chi connectivity index (χ3v) is 3.76. The van der Waals surface area contributed by atoms with Crippen molar-refractivity contribution in [1.82, 2.24) is 5.32 Å². The molecule has 2 N–H and O–H groups in total. The van der Waals surface area contributed by atoms with Gasteiger partial charge in [0.2, 0.25) is 5.91 Å². The molecule has 0 aliphatic rings. The fourth-order valence-electron chi connectivity index (χ4n) is 2.48. The molecule has 0 unspecified atom stereocenters. The fraction of sp³-hybridized carbons (Fsp3) is 0.300. The highest BCUT2D eigenvalue weighted by Gasteiger charge is 2.26. The van der Waals surface area contributed by atoms with E-state index in [1.165, 1.54) is 18.2 Å². The normalized spacial score (nSPS) is 11.7. The van der Waals surface area contributed by atoms with Gasteiger partial charge in [0, 0.05) is 5.69 Å². The Morgan fingerprint density at radius 2 is 1.85 bits per heavy atom. The van der Waals surface area contributed by atoms with Gasteiger partial charge in [-0.25, -0.2) is 4.39 Å². The van der Waals surface area contributed by atoms with Crippen molar-refractivity contribution >= 4 is 17.5 Å². The average Bonchev–Trinajstić information content (AvgIpc) is 2.60. The van der Waals surface area contributed by atoms with Crippen molar-refractivity contribution in [3.05, 3.63) is 59.9 Å². The lowest BCUT2D eigenvalue weighted by molar-refractivity contribution is -0.118. The van der Waals surface area contributed by atoms with Crippen molar-refractivity contribution in [2.24, 2.45) is 5.92 Å². The number of anilines is 1. The molecular weight excluding hydrogens is 335 g/mol. The van der Waals surface area contributed by atoms with Gasteiger partial charge in [-0.15, -0.1) is 0 Å². The first-order chi connectivity index (χ1) is 12.4. The molecule has 5 nitrogen and oxygen atoms in total. The molecule has 0 heterocycles. The summed E-state index contributed by atoms with van der Waals surface area (Å²) >= 11 is 0. The van der Waals surface area contributed by atoms with Crippen LogP contribution in [0.5, 0.6) is 5.75 Å². The number of nitrogens with one attached hydrogen (secondary N) is 2. The largest absolute Gasteiger partial charge is 0.493 e. The Morgan fingerprint density at radius 1 is 1.12 bits per heavy atom. The summed E-state index contributed by atoms with van der Waals surface area (Å²) in [4.78, 5) is 25.2. The predicted molar refractivity (Wildman–Crippen MR) is 98.7 cm³/mol. The summed E-state index contributed by atoms with van der Waals surface area (Å²) < 4.78 is 18.8. The van der Waals surface area contributed by atoms with E-state index in [9.17, 15) is 14.0 Å². The SMILES string of the molecule is CCOc1ccccc1C(=O)N[C@@H](C(=O)Nc1cccc(F)c1)C(C)C. The van der Waals surface area contributed by atoms with Crippen LogP contribution in [0.25, 0.3) is 0 Å².